The van der Waals surface area contributed by atoms with Crippen LogP contribution in [0.5, 0.6) is 11.5 Å². The molecule has 4 rings (SSSR count). The predicted molar refractivity (Wildman–Crippen MR) is 136 cm³/mol. The first-order valence-corrected chi connectivity index (χ1v) is 13.3. The van der Waals surface area contributed by atoms with E-state index in [-0.39, 0.29) is 4.90 Å². The van der Waals surface area contributed by atoms with Crippen molar-refractivity contribution in [1.29, 1.82) is 0 Å². The van der Waals surface area contributed by atoms with Crippen LogP contribution in [0.1, 0.15) is 32.3 Å². The first-order chi connectivity index (χ1) is 16.3. The number of aliphatic imine (C=N–C) groups is 1. The Balaban J connectivity index is 1.74. The van der Waals surface area contributed by atoms with Crippen molar-refractivity contribution < 1.29 is 17.9 Å². The number of hydrogen-bond acceptors (Lipinski definition) is 7. The van der Waals surface area contributed by atoms with E-state index in [4.69, 9.17) is 14.5 Å². The molecule has 8 heteroatoms. The van der Waals surface area contributed by atoms with Crippen LogP contribution < -0.4 is 14.8 Å². The van der Waals surface area contributed by atoms with Crippen LogP contribution >= 0.6 is 0 Å². The van der Waals surface area contributed by atoms with Gasteiger partial charge in [0.2, 0.25) is 0 Å². The van der Waals surface area contributed by atoms with Gasteiger partial charge in [-0.05, 0) is 49.9 Å². The van der Waals surface area contributed by atoms with Gasteiger partial charge in [-0.2, -0.15) is 0 Å². The Hall–Kier alpha value is -3.26. The molecule has 1 atom stereocenters. The number of ether oxygens (including phenoxy) is 2. The van der Waals surface area contributed by atoms with Gasteiger partial charge in [0.05, 0.1) is 30.0 Å². The fraction of sp³-hybridized carbons (Fsp3) is 0.346. The third-order valence-electron chi connectivity index (χ3n) is 5.92. The third-order valence-corrected chi connectivity index (χ3v) is 7.03. The van der Waals surface area contributed by atoms with Crippen LogP contribution in [0.15, 0.2) is 70.3 Å². The van der Waals surface area contributed by atoms with E-state index in [0.717, 1.165) is 36.3 Å². The first kappa shape index (κ1) is 23.9. The molecule has 1 N–H and O–H groups in total. The number of nitrogens with zero attached hydrogens (tertiary/aromatic N) is 2. The third kappa shape index (κ3) is 5.28. The van der Waals surface area contributed by atoms with Crippen LogP contribution in [0.4, 0.5) is 5.69 Å². The second-order valence-corrected chi connectivity index (χ2v) is 10.6. The lowest BCUT2D eigenvalue weighted by Gasteiger charge is -2.29. The summed E-state index contributed by atoms with van der Waals surface area (Å²) in [5, 5.41) is 3.46. The predicted octanol–water partition coefficient (Wildman–Crippen LogP) is 4.94. The Kier molecular flexibility index (Phi) is 6.97. The summed E-state index contributed by atoms with van der Waals surface area (Å²) >= 11 is 0. The Morgan fingerprint density at radius 1 is 1.18 bits per heavy atom. The van der Waals surface area contributed by atoms with Gasteiger partial charge in [-0.25, -0.2) is 13.4 Å². The summed E-state index contributed by atoms with van der Waals surface area (Å²) in [6, 6.07) is 12.6. The molecule has 0 saturated carbocycles. The van der Waals surface area contributed by atoms with Gasteiger partial charge in [-0.15, -0.1) is 0 Å². The summed E-state index contributed by atoms with van der Waals surface area (Å²) in [6.07, 6.45) is 7.46. The number of sulfone groups is 1. The lowest BCUT2D eigenvalue weighted by Crippen LogP contribution is -2.30. The monoisotopic (exact) mass is 481 g/mol. The fourth-order valence-corrected chi connectivity index (χ4v) is 4.69. The van der Waals surface area contributed by atoms with Crippen molar-refractivity contribution in [2.45, 2.75) is 31.6 Å². The highest BCUT2D eigenvalue weighted by atomic mass is 32.2. The smallest absolute Gasteiger partial charge is 0.175 e. The van der Waals surface area contributed by atoms with E-state index in [0.29, 0.717) is 35.6 Å². The standard InChI is InChI=1S/C26H31N3O4S/c1-5-33-24-12-10-20(16-25(24)32-3)27-26-23-11-9-18(2)13-14-29(23)17-22(28-26)19-7-6-8-21(15-19)34(4,30)31/h6-8,10-12,15-18H,5,9,13-14H2,1-4H3,(H,27,28). The van der Waals surface area contributed by atoms with E-state index >= 15 is 0 Å². The molecule has 0 aromatic heterocycles. The lowest BCUT2D eigenvalue weighted by atomic mass is 10.1. The molecule has 0 saturated heterocycles. The van der Waals surface area contributed by atoms with Crippen molar-refractivity contribution in [2.24, 2.45) is 10.9 Å². The molecule has 0 aliphatic carbocycles. The number of allylic oxidation sites excluding steroid dienone is 1. The lowest BCUT2D eigenvalue weighted by molar-refractivity contribution is 0.311. The van der Waals surface area contributed by atoms with E-state index in [1.807, 2.05) is 37.4 Å². The highest BCUT2D eigenvalue weighted by Gasteiger charge is 2.24. The maximum Gasteiger partial charge on any atom is 0.175 e. The van der Waals surface area contributed by atoms with E-state index < -0.39 is 9.84 Å². The minimum absolute atomic E-state index is 0.276. The summed E-state index contributed by atoms with van der Waals surface area (Å²) in [5.74, 6) is 2.60. The molecule has 2 aliphatic rings. The van der Waals surface area contributed by atoms with Crippen LogP contribution in [0.2, 0.25) is 0 Å². The Bertz CT molecular complexity index is 1260. The summed E-state index contributed by atoms with van der Waals surface area (Å²) in [5.41, 5.74) is 3.30. The average molecular weight is 482 g/mol. The number of fused-ring (bicyclic) bond motifs is 1. The summed E-state index contributed by atoms with van der Waals surface area (Å²) < 4.78 is 35.4. The van der Waals surface area contributed by atoms with Gasteiger partial charge >= 0.3 is 0 Å². The molecule has 2 aromatic carbocycles. The molecular formula is C26H31N3O4S. The van der Waals surface area contributed by atoms with Crippen molar-refractivity contribution in [3.63, 3.8) is 0 Å². The maximum atomic E-state index is 12.1. The van der Waals surface area contributed by atoms with E-state index in [1.54, 1.807) is 25.3 Å². The fourth-order valence-electron chi connectivity index (χ4n) is 4.02. The van der Waals surface area contributed by atoms with Gasteiger partial charge in [-0.1, -0.05) is 25.1 Å². The Labute approximate surface area is 201 Å². The van der Waals surface area contributed by atoms with Gasteiger partial charge in [0.25, 0.3) is 0 Å². The summed E-state index contributed by atoms with van der Waals surface area (Å²) in [7, 11) is -1.70. The minimum atomic E-state index is -3.32. The Morgan fingerprint density at radius 2 is 2.00 bits per heavy atom. The van der Waals surface area contributed by atoms with Gasteiger partial charge in [0.1, 0.15) is 0 Å². The van der Waals surface area contributed by atoms with Crippen LogP contribution in [-0.2, 0) is 9.84 Å². The molecule has 180 valence electrons. The number of hydrogen-bond donors (Lipinski definition) is 1. The molecule has 0 spiro atoms. The van der Waals surface area contributed by atoms with Crippen LogP contribution in [0.25, 0.3) is 5.70 Å². The number of anilines is 1. The van der Waals surface area contributed by atoms with E-state index in [1.165, 1.54) is 6.26 Å². The second-order valence-electron chi connectivity index (χ2n) is 8.61. The Morgan fingerprint density at radius 3 is 2.74 bits per heavy atom. The quantitative estimate of drug-likeness (QED) is 0.630. The average Bonchev–Trinajstić information content (AvgIpc) is 3.01. The van der Waals surface area contributed by atoms with Crippen molar-refractivity contribution in [3.05, 3.63) is 66.0 Å². The first-order valence-electron chi connectivity index (χ1n) is 11.4. The molecule has 7 nitrogen and oxygen atoms in total. The zero-order valence-corrected chi connectivity index (χ0v) is 20.9. The zero-order chi connectivity index (χ0) is 24.3. The molecule has 2 aliphatic heterocycles. The van der Waals surface area contributed by atoms with Crippen molar-refractivity contribution in [2.75, 3.05) is 31.8 Å². The molecule has 2 aromatic rings. The van der Waals surface area contributed by atoms with Gasteiger partial charge in [0.15, 0.2) is 27.2 Å². The SMILES string of the molecule is CCOc1ccc(NC2=NC(c3cccc(S(C)(=O)=O)c3)=CN3CCC(C)CC=C23)cc1OC. The normalized spacial score (nSPS) is 18.2. The van der Waals surface area contributed by atoms with Crippen molar-refractivity contribution >= 4 is 27.1 Å². The number of nitrogens with one attached hydrogen (secondary N) is 1. The molecule has 0 amide bonds. The summed E-state index contributed by atoms with van der Waals surface area (Å²) in [4.78, 5) is 7.40. The van der Waals surface area contributed by atoms with Gasteiger partial charge < -0.3 is 19.7 Å². The van der Waals surface area contributed by atoms with Crippen LogP contribution in [0, 0.1) is 5.92 Å². The van der Waals surface area contributed by atoms with E-state index in [9.17, 15) is 8.42 Å². The van der Waals surface area contributed by atoms with E-state index in [2.05, 4.69) is 23.2 Å². The van der Waals surface area contributed by atoms with Crippen LogP contribution in [0.3, 0.4) is 0 Å². The van der Waals surface area contributed by atoms with Crippen LogP contribution in [-0.4, -0.2) is 45.7 Å². The minimum Gasteiger partial charge on any atom is -0.493 e. The van der Waals surface area contributed by atoms with Gasteiger partial charge in [0, 0.05) is 36.3 Å². The second kappa shape index (κ2) is 9.93. The number of rotatable bonds is 6. The molecule has 2 heterocycles. The van der Waals surface area contributed by atoms with Gasteiger partial charge in [-0.3, -0.25) is 0 Å². The maximum absolute atomic E-state index is 12.1. The molecular weight excluding hydrogens is 450 g/mol. The summed E-state index contributed by atoms with van der Waals surface area (Å²) in [6.45, 7) is 5.59. The van der Waals surface area contributed by atoms with Crippen molar-refractivity contribution in [3.8, 4) is 11.5 Å². The number of amidine groups is 1. The largest absolute Gasteiger partial charge is 0.493 e. The molecule has 1 unspecified atom stereocenters. The number of methoxy groups -OCH3 is 1. The molecule has 0 radical (unpaired) electrons. The van der Waals surface area contributed by atoms with Crippen molar-refractivity contribution in [1.82, 2.24) is 4.90 Å². The molecule has 0 fully saturated rings. The zero-order valence-electron chi connectivity index (χ0n) is 20.0. The highest BCUT2D eigenvalue weighted by molar-refractivity contribution is 7.90. The topological polar surface area (TPSA) is 80.2 Å². The molecule has 0 bridgehead atoms. The molecule has 34 heavy (non-hydrogen) atoms. The number of benzene rings is 2. The highest BCUT2D eigenvalue weighted by Crippen LogP contribution is 2.33.